The summed E-state index contributed by atoms with van der Waals surface area (Å²) in [6, 6.07) is 12.2. The average Bonchev–Trinajstić information content (AvgIpc) is 3.14. The monoisotopic (exact) mass is 390 g/mol. The molecule has 0 N–H and O–H groups in total. The van der Waals surface area contributed by atoms with Crippen LogP contribution in [0.15, 0.2) is 47.6 Å². The van der Waals surface area contributed by atoms with Gasteiger partial charge in [-0.15, -0.1) is 5.10 Å². The molecule has 0 aliphatic heterocycles. The summed E-state index contributed by atoms with van der Waals surface area (Å²) >= 11 is 7.14. The number of Topliss-reactive ketones (excluding diaryl/α,β-unsaturated/α-hetero) is 1. The molecule has 26 heavy (non-hydrogen) atoms. The third kappa shape index (κ3) is 3.97. The highest BCUT2D eigenvalue weighted by molar-refractivity contribution is 7.99. The molecule has 0 bridgehead atoms. The minimum Gasteiger partial charge on any atom is -0.497 e. The molecule has 0 aliphatic rings. The largest absolute Gasteiger partial charge is 0.497 e. The Bertz CT molecular complexity index is 915. The van der Waals surface area contributed by atoms with Gasteiger partial charge in [-0.1, -0.05) is 23.4 Å². The number of hydrogen-bond acceptors (Lipinski definition) is 7. The van der Waals surface area contributed by atoms with Crippen LogP contribution in [0.25, 0.3) is 5.69 Å². The molecule has 1 aromatic heterocycles. The Hall–Kier alpha value is -2.58. The smallest absolute Gasteiger partial charge is 0.214 e. The molecule has 2 aromatic carbocycles. The number of tetrazole rings is 1. The van der Waals surface area contributed by atoms with E-state index in [0.717, 1.165) is 5.69 Å². The Kier molecular flexibility index (Phi) is 5.75. The van der Waals surface area contributed by atoms with Crippen molar-refractivity contribution in [3.8, 4) is 17.2 Å². The first kappa shape index (κ1) is 18.2. The second-order valence-electron chi connectivity index (χ2n) is 5.13. The molecule has 3 rings (SSSR count). The molecule has 134 valence electrons. The molecule has 0 spiro atoms. The van der Waals surface area contributed by atoms with E-state index < -0.39 is 0 Å². The molecule has 0 radical (unpaired) electrons. The lowest BCUT2D eigenvalue weighted by Gasteiger charge is -2.09. The highest BCUT2D eigenvalue weighted by Crippen LogP contribution is 2.27. The van der Waals surface area contributed by atoms with Crippen LogP contribution in [0.5, 0.6) is 11.5 Å². The zero-order valence-electron chi connectivity index (χ0n) is 14.0. The number of rotatable bonds is 7. The second kappa shape index (κ2) is 8.20. The average molecular weight is 391 g/mol. The third-order valence-corrected chi connectivity index (χ3v) is 4.72. The van der Waals surface area contributed by atoms with Gasteiger partial charge in [0.1, 0.15) is 11.5 Å². The fraction of sp³-hybridized carbons (Fsp3) is 0.176. The van der Waals surface area contributed by atoms with E-state index >= 15 is 0 Å². The van der Waals surface area contributed by atoms with Crippen molar-refractivity contribution in [2.45, 2.75) is 5.16 Å². The molecule has 0 fully saturated rings. The number of thioether (sulfide) groups is 1. The number of ether oxygens (including phenoxy) is 2. The molecule has 3 aromatic rings. The van der Waals surface area contributed by atoms with Crippen LogP contribution in [0, 0.1) is 0 Å². The fourth-order valence-electron chi connectivity index (χ4n) is 2.25. The van der Waals surface area contributed by atoms with Crippen LogP contribution in [-0.4, -0.2) is 46.0 Å². The van der Waals surface area contributed by atoms with Gasteiger partial charge < -0.3 is 9.47 Å². The van der Waals surface area contributed by atoms with Crippen LogP contribution >= 0.6 is 23.4 Å². The first-order chi connectivity index (χ1) is 12.6. The van der Waals surface area contributed by atoms with E-state index in [0.29, 0.717) is 27.2 Å². The normalized spacial score (nSPS) is 10.6. The van der Waals surface area contributed by atoms with Crippen molar-refractivity contribution < 1.29 is 14.3 Å². The quantitative estimate of drug-likeness (QED) is 0.452. The number of halogens is 1. The van der Waals surface area contributed by atoms with Crippen molar-refractivity contribution >= 4 is 29.1 Å². The van der Waals surface area contributed by atoms with Gasteiger partial charge in [0.2, 0.25) is 5.16 Å². The Balaban J connectivity index is 1.77. The number of benzene rings is 2. The first-order valence-electron chi connectivity index (χ1n) is 7.54. The summed E-state index contributed by atoms with van der Waals surface area (Å²) < 4.78 is 12.0. The summed E-state index contributed by atoms with van der Waals surface area (Å²) in [5, 5.41) is 12.8. The van der Waals surface area contributed by atoms with Crippen molar-refractivity contribution in [1.29, 1.82) is 0 Å². The van der Waals surface area contributed by atoms with E-state index in [1.54, 1.807) is 54.3 Å². The molecule has 9 heteroatoms. The molecule has 0 saturated heterocycles. The van der Waals surface area contributed by atoms with Crippen LogP contribution < -0.4 is 9.47 Å². The van der Waals surface area contributed by atoms with E-state index in [1.807, 2.05) is 0 Å². The minimum absolute atomic E-state index is 0.114. The second-order valence-corrected chi connectivity index (χ2v) is 6.51. The number of ketones is 1. The molecule has 0 aliphatic carbocycles. The van der Waals surface area contributed by atoms with E-state index in [4.69, 9.17) is 21.1 Å². The lowest BCUT2D eigenvalue weighted by atomic mass is 10.1. The summed E-state index contributed by atoms with van der Waals surface area (Å²) in [5.41, 5.74) is 1.21. The molecule has 0 saturated carbocycles. The number of hydrogen-bond donors (Lipinski definition) is 0. The maximum atomic E-state index is 12.6. The number of nitrogens with zero attached hydrogens (tertiary/aromatic N) is 4. The zero-order chi connectivity index (χ0) is 18.5. The first-order valence-corrected chi connectivity index (χ1v) is 8.91. The molecule has 0 amide bonds. The topological polar surface area (TPSA) is 79.1 Å². The van der Waals surface area contributed by atoms with E-state index in [9.17, 15) is 4.79 Å². The van der Waals surface area contributed by atoms with Crippen LogP contribution in [-0.2, 0) is 0 Å². The summed E-state index contributed by atoms with van der Waals surface area (Å²) in [6.07, 6.45) is 0. The van der Waals surface area contributed by atoms with Gasteiger partial charge >= 0.3 is 0 Å². The highest BCUT2D eigenvalue weighted by atomic mass is 35.5. The Labute approximate surface area is 159 Å². The number of carbonyl (C=O) groups is 1. The predicted octanol–water partition coefficient (Wildman–Crippen LogP) is 3.31. The van der Waals surface area contributed by atoms with Gasteiger partial charge in [-0.25, -0.2) is 0 Å². The van der Waals surface area contributed by atoms with Crippen LogP contribution in [0.3, 0.4) is 0 Å². The van der Waals surface area contributed by atoms with Crippen molar-refractivity contribution in [2.24, 2.45) is 0 Å². The highest BCUT2D eigenvalue weighted by Gasteiger charge is 2.17. The summed E-state index contributed by atoms with van der Waals surface area (Å²) in [6.45, 7) is 0. The van der Waals surface area contributed by atoms with Gasteiger partial charge in [0, 0.05) is 5.02 Å². The predicted molar refractivity (Wildman–Crippen MR) is 98.8 cm³/mol. The van der Waals surface area contributed by atoms with Crippen LogP contribution in [0.1, 0.15) is 10.4 Å². The van der Waals surface area contributed by atoms with Gasteiger partial charge in [-0.05, 0) is 52.9 Å². The summed E-state index contributed by atoms with van der Waals surface area (Å²) in [7, 11) is 3.07. The Morgan fingerprint density at radius 2 is 1.92 bits per heavy atom. The van der Waals surface area contributed by atoms with E-state index in [2.05, 4.69) is 15.5 Å². The van der Waals surface area contributed by atoms with Crippen LogP contribution in [0.2, 0.25) is 5.02 Å². The molecule has 0 atom stereocenters. The number of aromatic nitrogens is 4. The fourth-order valence-corrected chi connectivity index (χ4v) is 3.15. The Morgan fingerprint density at radius 3 is 2.62 bits per heavy atom. The van der Waals surface area contributed by atoms with Crippen molar-refractivity contribution in [3.05, 3.63) is 53.1 Å². The maximum Gasteiger partial charge on any atom is 0.214 e. The van der Waals surface area contributed by atoms with Gasteiger partial charge in [0.05, 0.1) is 31.2 Å². The molecular weight excluding hydrogens is 376 g/mol. The summed E-state index contributed by atoms with van der Waals surface area (Å²) in [4.78, 5) is 12.6. The molecule has 0 unspecified atom stereocenters. The van der Waals surface area contributed by atoms with Gasteiger partial charge in [-0.3, -0.25) is 4.79 Å². The summed E-state index contributed by atoms with van der Waals surface area (Å²) in [5.74, 6) is 1.12. The number of carbonyl (C=O) groups excluding carboxylic acids is 1. The molecule has 1 heterocycles. The van der Waals surface area contributed by atoms with Crippen molar-refractivity contribution in [2.75, 3.05) is 20.0 Å². The number of methoxy groups -OCH3 is 2. The SMILES string of the molecule is COc1ccc(OC)c(C(=O)CSc2nnnn2-c2ccc(Cl)cc2)c1. The zero-order valence-corrected chi connectivity index (χ0v) is 15.6. The van der Waals surface area contributed by atoms with E-state index in [1.165, 1.54) is 18.9 Å². The molecule has 7 nitrogen and oxygen atoms in total. The minimum atomic E-state index is -0.114. The molecular formula is C17H15ClN4O3S. The lowest BCUT2D eigenvalue weighted by Crippen LogP contribution is -2.07. The Morgan fingerprint density at radius 1 is 1.15 bits per heavy atom. The van der Waals surface area contributed by atoms with Crippen molar-refractivity contribution in [1.82, 2.24) is 20.2 Å². The van der Waals surface area contributed by atoms with Crippen molar-refractivity contribution in [3.63, 3.8) is 0 Å². The van der Waals surface area contributed by atoms with Gasteiger partial charge in [0.25, 0.3) is 0 Å². The van der Waals surface area contributed by atoms with Gasteiger partial charge in [-0.2, -0.15) is 4.68 Å². The lowest BCUT2D eigenvalue weighted by molar-refractivity contribution is 0.101. The van der Waals surface area contributed by atoms with Gasteiger partial charge in [0.15, 0.2) is 5.78 Å². The maximum absolute atomic E-state index is 12.6. The standard InChI is InChI=1S/C17H15ClN4O3S/c1-24-13-7-8-16(25-2)14(9-13)15(23)10-26-17-19-20-21-22(17)12-5-3-11(18)4-6-12/h3-9H,10H2,1-2H3. The third-order valence-electron chi connectivity index (χ3n) is 3.55. The van der Waals surface area contributed by atoms with Crippen LogP contribution in [0.4, 0.5) is 0 Å². The van der Waals surface area contributed by atoms with E-state index in [-0.39, 0.29) is 11.5 Å².